The summed E-state index contributed by atoms with van der Waals surface area (Å²) in [6.07, 6.45) is -3.56. The van der Waals surface area contributed by atoms with Gasteiger partial charge >= 0.3 is 6.18 Å². The van der Waals surface area contributed by atoms with Gasteiger partial charge in [-0.3, -0.25) is 0 Å². The second-order valence-corrected chi connectivity index (χ2v) is 4.48. The lowest BCUT2D eigenvalue weighted by Gasteiger charge is -2.15. The monoisotopic (exact) mass is 280 g/mol. The number of rotatable bonds is 3. The van der Waals surface area contributed by atoms with Crippen molar-refractivity contribution in [2.45, 2.75) is 19.5 Å². The molecule has 0 aromatic heterocycles. The molecule has 0 aliphatic heterocycles. The molecule has 0 amide bonds. The van der Waals surface area contributed by atoms with Gasteiger partial charge in [-0.15, -0.1) is 0 Å². The molecule has 0 spiro atoms. The number of nitrogen functional groups attached to an aromatic ring is 1. The van der Waals surface area contributed by atoms with Crippen LogP contribution in [0.4, 0.5) is 30.2 Å². The Bertz CT molecular complexity index is 589. The zero-order valence-corrected chi connectivity index (χ0v) is 11.0. The van der Waals surface area contributed by atoms with Crippen LogP contribution in [0, 0.1) is 0 Å². The summed E-state index contributed by atoms with van der Waals surface area (Å²) >= 11 is 0. The lowest BCUT2D eigenvalue weighted by molar-refractivity contribution is -0.136. The summed E-state index contributed by atoms with van der Waals surface area (Å²) in [6, 6.07) is 11.0. The molecule has 0 aliphatic carbocycles. The van der Waals surface area contributed by atoms with Gasteiger partial charge < -0.3 is 11.1 Å². The number of benzene rings is 2. The molecular weight excluding hydrogens is 265 g/mol. The average Bonchev–Trinajstić information content (AvgIpc) is 2.40. The number of alkyl halides is 3. The number of nitrogens with two attached hydrogens (primary N) is 1. The van der Waals surface area contributed by atoms with Crippen molar-refractivity contribution in [1.82, 2.24) is 0 Å². The summed E-state index contributed by atoms with van der Waals surface area (Å²) in [5, 5.41) is 2.78. The van der Waals surface area contributed by atoms with Crippen molar-refractivity contribution in [2.24, 2.45) is 0 Å². The number of hydrogen-bond donors (Lipinski definition) is 2. The third-order valence-corrected chi connectivity index (χ3v) is 2.99. The van der Waals surface area contributed by atoms with E-state index < -0.39 is 11.7 Å². The normalized spacial score (nSPS) is 11.4. The Morgan fingerprint density at radius 3 is 2.25 bits per heavy atom. The maximum Gasteiger partial charge on any atom is 0.418 e. The number of hydrogen-bond acceptors (Lipinski definition) is 2. The van der Waals surface area contributed by atoms with Crippen LogP contribution in [-0.2, 0) is 12.6 Å². The van der Waals surface area contributed by atoms with Crippen LogP contribution in [0.25, 0.3) is 0 Å². The summed E-state index contributed by atoms with van der Waals surface area (Å²) in [5.41, 5.74) is 6.48. The van der Waals surface area contributed by atoms with Gasteiger partial charge in [-0.05, 0) is 42.3 Å². The topological polar surface area (TPSA) is 38.0 Å². The van der Waals surface area contributed by atoms with Gasteiger partial charge in [0.05, 0.1) is 11.3 Å². The van der Waals surface area contributed by atoms with Crippen molar-refractivity contribution < 1.29 is 13.2 Å². The molecular formula is C15H15F3N2. The SMILES string of the molecule is CCc1ccc(Nc2ccc(N)cc2C(F)(F)F)cc1. The fourth-order valence-corrected chi connectivity index (χ4v) is 1.88. The number of nitrogens with one attached hydrogen (secondary N) is 1. The predicted octanol–water partition coefficient (Wildman–Crippen LogP) is 4.59. The van der Waals surface area contributed by atoms with E-state index in [2.05, 4.69) is 5.32 Å². The molecule has 5 heteroatoms. The van der Waals surface area contributed by atoms with Gasteiger partial charge in [0, 0.05) is 11.4 Å². The van der Waals surface area contributed by atoms with Crippen molar-refractivity contribution in [1.29, 1.82) is 0 Å². The van der Waals surface area contributed by atoms with Crippen LogP contribution in [0.3, 0.4) is 0 Å². The van der Waals surface area contributed by atoms with Gasteiger partial charge in [0.25, 0.3) is 0 Å². The predicted molar refractivity (Wildman–Crippen MR) is 75.0 cm³/mol. The molecule has 0 radical (unpaired) electrons. The van der Waals surface area contributed by atoms with E-state index in [1.165, 1.54) is 12.1 Å². The zero-order chi connectivity index (χ0) is 14.8. The van der Waals surface area contributed by atoms with Crippen LogP contribution in [0.15, 0.2) is 42.5 Å². The van der Waals surface area contributed by atoms with Gasteiger partial charge in [-0.25, -0.2) is 0 Å². The van der Waals surface area contributed by atoms with Crippen LogP contribution >= 0.6 is 0 Å². The molecule has 20 heavy (non-hydrogen) atoms. The van der Waals surface area contributed by atoms with Gasteiger partial charge in [0.2, 0.25) is 0 Å². The minimum atomic E-state index is -4.44. The molecule has 0 fully saturated rings. The van der Waals surface area contributed by atoms with Crippen molar-refractivity contribution in [3.8, 4) is 0 Å². The van der Waals surface area contributed by atoms with Gasteiger partial charge in [0.1, 0.15) is 0 Å². The molecule has 0 saturated carbocycles. The third kappa shape index (κ3) is 3.23. The molecule has 0 saturated heterocycles. The molecule has 2 nitrogen and oxygen atoms in total. The molecule has 106 valence electrons. The standard InChI is InChI=1S/C15H15F3N2/c1-2-10-3-6-12(7-4-10)20-14-8-5-11(19)9-13(14)15(16,17)18/h3-9,20H,2,19H2,1H3. The van der Waals surface area contributed by atoms with Crippen molar-refractivity contribution in [3.05, 3.63) is 53.6 Å². The Kier molecular flexibility index (Phi) is 3.88. The molecule has 0 bridgehead atoms. The van der Waals surface area contributed by atoms with E-state index >= 15 is 0 Å². The number of aryl methyl sites for hydroxylation is 1. The zero-order valence-electron chi connectivity index (χ0n) is 11.0. The van der Waals surface area contributed by atoms with Crippen LogP contribution in [-0.4, -0.2) is 0 Å². The minimum absolute atomic E-state index is 0.00375. The second-order valence-electron chi connectivity index (χ2n) is 4.48. The van der Waals surface area contributed by atoms with Crippen LogP contribution in [0.1, 0.15) is 18.1 Å². The highest BCUT2D eigenvalue weighted by Gasteiger charge is 2.33. The van der Waals surface area contributed by atoms with E-state index in [1.54, 1.807) is 12.1 Å². The maximum absolute atomic E-state index is 13.0. The summed E-state index contributed by atoms with van der Waals surface area (Å²) in [7, 11) is 0. The van der Waals surface area contributed by atoms with E-state index in [-0.39, 0.29) is 11.4 Å². The first-order valence-electron chi connectivity index (χ1n) is 6.23. The molecule has 2 aromatic carbocycles. The molecule has 0 aliphatic rings. The quantitative estimate of drug-likeness (QED) is 0.807. The number of anilines is 3. The van der Waals surface area contributed by atoms with Gasteiger partial charge in [-0.1, -0.05) is 19.1 Å². The third-order valence-electron chi connectivity index (χ3n) is 2.99. The van der Waals surface area contributed by atoms with E-state index in [9.17, 15) is 13.2 Å². The highest BCUT2D eigenvalue weighted by atomic mass is 19.4. The van der Waals surface area contributed by atoms with Crippen molar-refractivity contribution >= 4 is 17.1 Å². The van der Waals surface area contributed by atoms with Gasteiger partial charge in [0.15, 0.2) is 0 Å². The van der Waals surface area contributed by atoms with Crippen LogP contribution in [0.2, 0.25) is 0 Å². The van der Waals surface area contributed by atoms with E-state index in [0.717, 1.165) is 18.1 Å². The van der Waals surface area contributed by atoms with E-state index in [0.29, 0.717) is 5.69 Å². The van der Waals surface area contributed by atoms with Crippen molar-refractivity contribution in [3.63, 3.8) is 0 Å². The summed E-state index contributed by atoms with van der Waals surface area (Å²) in [6.45, 7) is 2.02. The lowest BCUT2D eigenvalue weighted by atomic mass is 10.1. The molecule has 2 aromatic rings. The summed E-state index contributed by atoms with van der Waals surface area (Å²) in [5.74, 6) is 0. The lowest BCUT2D eigenvalue weighted by Crippen LogP contribution is -2.09. The molecule has 0 atom stereocenters. The first-order chi connectivity index (χ1) is 9.40. The van der Waals surface area contributed by atoms with Crippen LogP contribution in [0.5, 0.6) is 0 Å². The van der Waals surface area contributed by atoms with Crippen molar-refractivity contribution in [2.75, 3.05) is 11.1 Å². The fourth-order valence-electron chi connectivity index (χ4n) is 1.88. The van der Waals surface area contributed by atoms with Crippen LogP contribution < -0.4 is 11.1 Å². The Morgan fingerprint density at radius 2 is 1.70 bits per heavy atom. The Balaban J connectivity index is 2.32. The Hall–Kier alpha value is -2.17. The summed E-state index contributed by atoms with van der Waals surface area (Å²) < 4.78 is 38.9. The Morgan fingerprint density at radius 1 is 1.05 bits per heavy atom. The summed E-state index contributed by atoms with van der Waals surface area (Å²) in [4.78, 5) is 0. The molecule has 3 N–H and O–H groups in total. The first-order valence-corrected chi connectivity index (χ1v) is 6.23. The molecule has 2 rings (SSSR count). The fraction of sp³-hybridized carbons (Fsp3) is 0.200. The highest BCUT2D eigenvalue weighted by molar-refractivity contribution is 5.67. The highest BCUT2D eigenvalue weighted by Crippen LogP contribution is 2.37. The first kappa shape index (κ1) is 14.2. The molecule has 0 heterocycles. The van der Waals surface area contributed by atoms with E-state index in [4.69, 9.17) is 5.73 Å². The smallest absolute Gasteiger partial charge is 0.399 e. The minimum Gasteiger partial charge on any atom is -0.399 e. The molecule has 0 unspecified atom stereocenters. The van der Waals surface area contributed by atoms with Gasteiger partial charge in [-0.2, -0.15) is 13.2 Å². The van der Waals surface area contributed by atoms with E-state index in [1.807, 2.05) is 19.1 Å². The Labute approximate surface area is 115 Å². The second kappa shape index (κ2) is 5.45. The largest absolute Gasteiger partial charge is 0.418 e. The maximum atomic E-state index is 13.0. The average molecular weight is 280 g/mol. The number of halogens is 3.